The van der Waals surface area contributed by atoms with Crippen LogP contribution in [0.1, 0.15) is 52.7 Å². The first-order valence-electron chi connectivity index (χ1n) is 26.8. The summed E-state index contributed by atoms with van der Waals surface area (Å²) in [5.74, 6) is 1.43. The van der Waals surface area contributed by atoms with E-state index in [1.54, 1.807) is 0 Å². The molecule has 0 fully saturated rings. The Morgan fingerprint density at radius 3 is 1.87 bits per heavy atom. The quantitative estimate of drug-likeness (QED) is 0.164. The van der Waals surface area contributed by atoms with E-state index in [-0.39, 0.29) is 17.5 Å². The molecule has 5 nitrogen and oxygen atoms in total. The summed E-state index contributed by atoms with van der Waals surface area (Å²) in [7, 11) is 0. The minimum Gasteiger partial charge on any atom is -0.454 e. The number of furan rings is 1. The fraction of sp³-hybridized carbons (Fsp3) is 0.114. The topological polar surface area (TPSA) is 32.1 Å². The van der Waals surface area contributed by atoms with E-state index in [0.717, 1.165) is 84.3 Å². The van der Waals surface area contributed by atoms with Gasteiger partial charge in [-0.2, -0.15) is 0 Å². The van der Waals surface area contributed by atoms with E-state index in [9.17, 15) is 0 Å². The molecule has 0 radical (unpaired) electrons. The van der Waals surface area contributed by atoms with Crippen LogP contribution in [-0.2, 0) is 10.8 Å². The third-order valence-electron chi connectivity index (χ3n) is 16.1. The van der Waals surface area contributed by atoms with Crippen molar-refractivity contribution >= 4 is 117 Å². The highest BCUT2D eigenvalue weighted by atomic mass is 32.1. The van der Waals surface area contributed by atoms with Gasteiger partial charge in [-0.05, 0) is 141 Å². The Hall–Kier alpha value is -8.78. The van der Waals surface area contributed by atoms with E-state index >= 15 is 0 Å². The summed E-state index contributed by atoms with van der Waals surface area (Å²) in [6.07, 6.45) is 0. The van der Waals surface area contributed by atoms with Crippen molar-refractivity contribution in [2.24, 2.45) is 0 Å². The Kier molecular flexibility index (Phi) is 9.99. The lowest BCUT2D eigenvalue weighted by atomic mass is 9.36. The predicted octanol–water partition coefficient (Wildman–Crippen LogP) is 18.4. The number of para-hydroxylation sites is 3. The van der Waals surface area contributed by atoms with Crippen LogP contribution in [0.15, 0.2) is 223 Å². The zero-order chi connectivity index (χ0) is 51.9. The lowest BCUT2D eigenvalue weighted by Gasteiger charge is -2.44. The average Bonchev–Trinajstić information content (AvgIpc) is 4.12. The number of anilines is 9. The molecular weight excluding hydrogens is 958 g/mol. The van der Waals surface area contributed by atoms with Crippen LogP contribution >= 0.6 is 11.3 Å². The lowest BCUT2D eigenvalue weighted by Crippen LogP contribution is -2.60. The highest BCUT2D eigenvalue weighted by Crippen LogP contribution is 2.56. The molecule has 3 aliphatic heterocycles. The Bertz CT molecular complexity index is 4360. The van der Waals surface area contributed by atoms with E-state index in [1.165, 1.54) is 53.7 Å². The Balaban J connectivity index is 1.05. The van der Waals surface area contributed by atoms with Crippen LogP contribution in [0.5, 0.6) is 11.5 Å². The SMILES string of the molecule is CC(C)(C)c1ccc(N2c3cccc4c3B(c3ccc5cc3N4c3c(ccc4c3oc3ccccc34)Oc3ccccc3N5c3ccc(C(C)(C)C)cc3-c3ccccc3)c3sc4ccc(-c5ccccc5)cc4c32)cc1. The Morgan fingerprint density at radius 1 is 0.416 bits per heavy atom. The number of thiophene rings is 1. The van der Waals surface area contributed by atoms with Crippen molar-refractivity contribution < 1.29 is 9.15 Å². The molecule has 0 unspecified atom stereocenters. The molecule has 15 rings (SSSR count). The van der Waals surface area contributed by atoms with Gasteiger partial charge in [0.2, 0.25) is 0 Å². The van der Waals surface area contributed by atoms with Crippen molar-refractivity contribution in [2.45, 2.75) is 52.4 Å². The molecule has 3 aliphatic rings. The monoisotopic (exact) mass is 1010 g/mol. The minimum atomic E-state index is -0.104. The van der Waals surface area contributed by atoms with Crippen LogP contribution in [0.4, 0.5) is 51.2 Å². The first kappa shape index (κ1) is 45.6. The van der Waals surface area contributed by atoms with Crippen molar-refractivity contribution in [2.75, 3.05) is 14.7 Å². The molecule has 0 saturated carbocycles. The van der Waals surface area contributed by atoms with Crippen LogP contribution in [-0.4, -0.2) is 6.71 Å². The number of hydrogen-bond donors (Lipinski definition) is 0. The van der Waals surface area contributed by atoms with E-state index in [2.05, 4.69) is 275 Å². The molecule has 0 amide bonds. The summed E-state index contributed by atoms with van der Waals surface area (Å²) >= 11 is 1.92. The van der Waals surface area contributed by atoms with Gasteiger partial charge in [0.25, 0.3) is 6.71 Å². The van der Waals surface area contributed by atoms with E-state index < -0.39 is 0 Å². The molecule has 0 N–H and O–H groups in total. The zero-order valence-corrected chi connectivity index (χ0v) is 44.7. The summed E-state index contributed by atoms with van der Waals surface area (Å²) in [5.41, 5.74) is 20.8. The molecule has 5 heterocycles. The van der Waals surface area contributed by atoms with Gasteiger partial charge in [-0.3, -0.25) is 0 Å². The van der Waals surface area contributed by atoms with Gasteiger partial charge in [0.1, 0.15) is 11.3 Å². The maximum atomic E-state index is 7.51. The van der Waals surface area contributed by atoms with Gasteiger partial charge in [0.15, 0.2) is 17.1 Å². The summed E-state index contributed by atoms with van der Waals surface area (Å²) in [4.78, 5) is 7.43. The van der Waals surface area contributed by atoms with Gasteiger partial charge in [0, 0.05) is 59.6 Å². The Labute approximate surface area is 453 Å². The normalized spacial score (nSPS) is 13.6. The fourth-order valence-electron chi connectivity index (χ4n) is 12.3. The molecule has 0 spiro atoms. The van der Waals surface area contributed by atoms with E-state index in [1.807, 2.05) is 11.3 Å². The zero-order valence-electron chi connectivity index (χ0n) is 43.9. The van der Waals surface area contributed by atoms with Gasteiger partial charge in [-0.25, -0.2) is 0 Å². The first-order chi connectivity index (χ1) is 37.5. The van der Waals surface area contributed by atoms with Crippen LogP contribution in [0, 0.1) is 0 Å². The minimum absolute atomic E-state index is 0.000435. The molecule has 2 aromatic heterocycles. The fourth-order valence-corrected chi connectivity index (χ4v) is 13.6. The van der Waals surface area contributed by atoms with Crippen molar-refractivity contribution in [3.63, 3.8) is 0 Å². The van der Waals surface area contributed by atoms with Crippen LogP contribution in [0.3, 0.4) is 0 Å². The maximum Gasteiger partial charge on any atom is 0.264 e. The van der Waals surface area contributed by atoms with Gasteiger partial charge in [-0.1, -0.05) is 169 Å². The Morgan fingerprint density at radius 2 is 1.09 bits per heavy atom. The molecule has 7 heteroatoms. The molecule has 0 atom stereocenters. The number of benzene rings is 10. The third kappa shape index (κ3) is 7.06. The highest BCUT2D eigenvalue weighted by Gasteiger charge is 2.47. The number of ether oxygens (including phenoxy) is 1. The van der Waals surface area contributed by atoms with Crippen molar-refractivity contribution in [3.05, 3.63) is 230 Å². The molecule has 2 bridgehead atoms. The van der Waals surface area contributed by atoms with Crippen LogP contribution in [0.25, 0.3) is 54.3 Å². The second-order valence-electron chi connectivity index (χ2n) is 22.9. The summed E-state index contributed by atoms with van der Waals surface area (Å²) < 4.78 is 17.2. The lowest BCUT2D eigenvalue weighted by molar-refractivity contribution is 0.484. The smallest absolute Gasteiger partial charge is 0.264 e. The van der Waals surface area contributed by atoms with Crippen molar-refractivity contribution in [1.29, 1.82) is 0 Å². The number of hydrogen-bond acceptors (Lipinski definition) is 6. The van der Waals surface area contributed by atoms with Crippen LogP contribution < -0.4 is 35.1 Å². The highest BCUT2D eigenvalue weighted by molar-refractivity contribution is 7.33. The molecular formula is C70H54BN3O2S. The van der Waals surface area contributed by atoms with Gasteiger partial charge in [-0.15, -0.1) is 11.3 Å². The molecule has 12 aromatic rings. The second kappa shape index (κ2) is 16.9. The van der Waals surface area contributed by atoms with Gasteiger partial charge in [0.05, 0.1) is 17.1 Å². The van der Waals surface area contributed by atoms with E-state index in [4.69, 9.17) is 9.15 Å². The number of fused-ring (bicyclic) bond motifs is 14. The average molecular weight is 1010 g/mol. The standard InChI is InChI=1S/C70H54BN3O2S/c1-69(2,3)46-29-32-48(33-30-46)73-57-24-17-25-58-64(57)71(68-65(73)53-40-45(28-39-63(53)77-68)43-18-9-7-10-19-43)54-36-34-49-42-59(54)74(58)66-62(38-35-51-50-22-13-15-26-60(50)76-67(51)66)75-61-27-16-14-23-56(61)72(49)55-37-31-47(70(4,5)6)41-52(55)44-20-11-8-12-21-44/h7-42H,1-6H3. The van der Waals surface area contributed by atoms with Crippen molar-refractivity contribution in [3.8, 4) is 33.8 Å². The van der Waals surface area contributed by atoms with E-state index in [0.29, 0.717) is 5.75 Å². The summed E-state index contributed by atoms with van der Waals surface area (Å²) in [6.45, 7) is 13.6. The largest absolute Gasteiger partial charge is 0.454 e. The van der Waals surface area contributed by atoms with Gasteiger partial charge < -0.3 is 23.9 Å². The molecule has 0 aliphatic carbocycles. The molecule has 370 valence electrons. The summed E-state index contributed by atoms with van der Waals surface area (Å²) in [5, 5.41) is 3.34. The number of rotatable bonds is 4. The number of nitrogens with zero attached hydrogens (tertiary/aromatic N) is 3. The molecule has 77 heavy (non-hydrogen) atoms. The van der Waals surface area contributed by atoms with Crippen LogP contribution in [0.2, 0.25) is 0 Å². The van der Waals surface area contributed by atoms with Gasteiger partial charge >= 0.3 is 0 Å². The maximum absolute atomic E-state index is 7.51. The predicted molar refractivity (Wildman–Crippen MR) is 326 cm³/mol. The summed E-state index contributed by atoms with van der Waals surface area (Å²) in [6, 6.07) is 80.2. The second-order valence-corrected chi connectivity index (χ2v) is 24.0. The third-order valence-corrected chi connectivity index (χ3v) is 17.4. The molecule has 10 aromatic carbocycles. The first-order valence-corrected chi connectivity index (χ1v) is 27.6. The van der Waals surface area contributed by atoms with Crippen molar-refractivity contribution in [1.82, 2.24) is 0 Å². The molecule has 0 saturated heterocycles.